The van der Waals surface area contributed by atoms with Crippen molar-refractivity contribution in [2.45, 2.75) is 39.5 Å². The van der Waals surface area contributed by atoms with Crippen molar-refractivity contribution in [3.63, 3.8) is 0 Å². The first-order chi connectivity index (χ1) is 12.6. The SMILES string of the molecule is CCCCN(CCCC)c1ccc(/C=C/c2ccc(N(C)C)cc2)cc1. The second-order valence-corrected chi connectivity index (χ2v) is 7.10. The van der Waals surface area contributed by atoms with Gasteiger partial charge in [-0.3, -0.25) is 0 Å². The first-order valence-corrected chi connectivity index (χ1v) is 9.94. The molecule has 0 aromatic heterocycles. The van der Waals surface area contributed by atoms with Crippen LogP contribution in [0.2, 0.25) is 0 Å². The third kappa shape index (κ3) is 6.25. The number of hydrogen-bond acceptors (Lipinski definition) is 2. The molecule has 0 heterocycles. The van der Waals surface area contributed by atoms with Gasteiger partial charge in [0.15, 0.2) is 0 Å². The highest BCUT2D eigenvalue weighted by atomic mass is 15.1. The molecule has 26 heavy (non-hydrogen) atoms. The third-order valence-electron chi connectivity index (χ3n) is 4.70. The molecule has 0 aliphatic heterocycles. The van der Waals surface area contributed by atoms with Gasteiger partial charge in [-0.1, -0.05) is 63.1 Å². The number of anilines is 2. The van der Waals surface area contributed by atoms with E-state index in [4.69, 9.17) is 0 Å². The van der Waals surface area contributed by atoms with Crippen LogP contribution in [0, 0.1) is 0 Å². The minimum absolute atomic E-state index is 1.16. The second-order valence-electron chi connectivity index (χ2n) is 7.10. The van der Waals surface area contributed by atoms with Crippen LogP contribution in [0.1, 0.15) is 50.7 Å². The van der Waals surface area contributed by atoms with Gasteiger partial charge in [-0.2, -0.15) is 0 Å². The number of unbranched alkanes of at least 4 members (excludes halogenated alkanes) is 2. The molecule has 0 fully saturated rings. The zero-order chi connectivity index (χ0) is 18.8. The van der Waals surface area contributed by atoms with E-state index in [1.807, 2.05) is 0 Å². The van der Waals surface area contributed by atoms with Gasteiger partial charge in [-0.15, -0.1) is 0 Å². The maximum Gasteiger partial charge on any atom is 0.0366 e. The highest BCUT2D eigenvalue weighted by Gasteiger charge is 2.05. The second kappa shape index (κ2) is 10.7. The van der Waals surface area contributed by atoms with Gasteiger partial charge in [0.05, 0.1) is 0 Å². The summed E-state index contributed by atoms with van der Waals surface area (Å²) in [6.07, 6.45) is 9.38. The summed E-state index contributed by atoms with van der Waals surface area (Å²) in [5.41, 5.74) is 5.05. The molecule has 0 spiro atoms. The molecule has 0 saturated carbocycles. The lowest BCUT2D eigenvalue weighted by Gasteiger charge is -2.24. The molecule has 140 valence electrons. The Morgan fingerprint density at radius 2 is 1.08 bits per heavy atom. The summed E-state index contributed by atoms with van der Waals surface area (Å²) >= 11 is 0. The van der Waals surface area contributed by atoms with Crippen LogP contribution in [0.3, 0.4) is 0 Å². The van der Waals surface area contributed by atoms with Crippen LogP contribution in [-0.4, -0.2) is 27.2 Å². The number of hydrogen-bond donors (Lipinski definition) is 0. The monoisotopic (exact) mass is 350 g/mol. The van der Waals surface area contributed by atoms with Crippen LogP contribution in [0.5, 0.6) is 0 Å². The van der Waals surface area contributed by atoms with Crippen molar-refractivity contribution in [2.75, 3.05) is 37.0 Å². The van der Waals surface area contributed by atoms with Gasteiger partial charge in [-0.25, -0.2) is 0 Å². The predicted octanol–water partition coefficient (Wildman–Crippen LogP) is 6.33. The van der Waals surface area contributed by atoms with Gasteiger partial charge >= 0.3 is 0 Å². The van der Waals surface area contributed by atoms with Crippen LogP contribution < -0.4 is 9.80 Å². The van der Waals surface area contributed by atoms with Gasteiger partial charge in [0.25, 0.3) is 0 Å². The maximum absolute atomic E-state index is 2.53. The average Bonchev–Trinajstić information content (AvgIpc) is 2.67. The van der Waals surface area contributed by atoms with Gasteiger partial charge in [0, 0.05) is 38.6 Å². The van der Waals surface area contributed by atoms with Gasteiger partial charge in [0.1, 0.15) is 0 Å². The van der Waals surface area contributed by atoms with E-state index in [0.29, 0.717) is 0 Å². The Labute approximate surface area is 160 Å². The maximum atomic E-state index is 2.53. The Morgan fingerprint density at radius 3 is 1.46 bits per heavy atom. The molecule has 2 aromatic carbocycles. The first-order valence-electron chi connectivity index (χ1n) is 9.94. The Kier molecular flexibility index (Phi) is 8.27. The summed E-state index contributed by atoms with van der Waals surface area (Å²) in [7, 11) is 4.13. The Hall–Kier alpha value is -2.22. The average molecular weight is 351 g/mol. The number of nitrogens with zero attached hydrogens (tertiary/aromatic N) is 2. The minimum Gasteiger partial charge on any atom is -0.378 e. The van der Waals surface area contributed by atoms with Crippen LogP contribution in [0.4, 0.5) is 11.4 Å². The molecule has 0 amide bonds. The standard InChI is InChI=1S/C24H34N2/c1-5-7-19-26(20-8-6-2)24-17-13-22(14-18-24)10-9-21-11-15-23(16-12-21)25(3)4/h9-18H,5-8,19-20H2,1-4H3/b10-9+. The zero-order valence-electron chi connectivity index (χ0n) is 16.9. The van der Waals surface area contributed by atoms with Gasteiger partial charge in [0.2, 0.25) is 0 Å². The molecule has 0 unspecified atom stereocenters. The Bertz CT molecular complexity index is 646. The van der Waals surface area contributed by atoms with E-state index in [-0.39, 0.29) is 0 Å². The lowest BCUT2D eigenvalue weighted by molar-refractivity contribution is 0.678. The molecular formula is C24H34N2. The van der Waals surface area contributed by atoms with Crippen molar-refractivity contribution in [3.8, 4) is 0 Å². The predicted molar refractivity (Wildman–Crippen MR) is 118 cm³/mol. The lowest BCUT2D eigenvalue weighted by Crippen LogP contribution is -2.25. The van der Waals surface area contributed by atoms with Crippen molar-refractivity contribution in [1.82, 2.24) is 0 Å². The molecular weight excluding hydrogens is 316 g/mol. The number of benzene rings is 2. The molecule has 0 saturated heterocycles. The first kappa shape index (κ1) is 20.1. The largest absolute Gasteiger partial charge is 0.378 e. The summed E-state index contributed by atoms with van der Waals surface area (Å²) in [6, 6.07) is 17.6. The summed E-state index contributed by atoms with van der Waals surface area (Å²) in [4.78, 5) is 4.65. The number of rotatable bonds is 10. The van der Waals surface area contributed by atoms with Crippen molar-refractivity contribution < 1.29 is 0 Å². The molecule has 0 aliphatic carbocycles. The third-order valence-corrected chi connectivity index (χ3v) is 4.70. The molecule has 0 aliphatic rings. The summed E-state index contributed by atoms with van der Waals surface area (Å²) in [5, 5.41) is 0. The highest BCUT2D eigenvalue weighted by molar-refractivity contribution is 5.71. The quantitative estimate of drug-likeness (QED) is 0.462. The van der Waals surface area contributed by atoms with Crippen molar-refractivity contribution in [2.24, 2.45) is 0 Å². The van der Waals surface area contributed by atoms with Crippen LogP contribution in [0.15, 0.2) is 48.5 Å². The molecule has 2 nitrogen and oxygen atoms in total. The van der Waals surface area contributed by atoms with Crippen molar-refractivity contribution in [1.29, 1.82) is 0 Å². The molecule has 0 N–H and O–H groups in total. The molecule has 2 aromatic rings. The molecule has 2 heteroatoms. The van der Waals surface area contributed by atoms with E-state index in [2.05, 4.69) is 98.4 Å². The van der Waals surface area contributed by atoms with Crippen LogP contribution >= 0.6 is 0 Å². The molecule has 2 rings (SSSR count). The Morgan fingerprint density at radius 1 is 0.654 bits per heavy atom. The molecule has 0 radical (unpaired) electrons. The Balaban J connectivity index is 2.02. The van der Waals surface area contributed by atoms with E-state index in [9.17, 15) is 0 Å². The van der Waals surface area contributed by atoms with Crippen molar-refractivity contribution >= 4 is 23.5 Å². The van der Waals surface area contributed by atoms with Crippen molar-refractivity contribution in [3.05, 3.63) is 59.7 Å². The van der Waals surface area contributed by atoms with E-state index >= 15 is 0 Å². The fourth-order valence-electron chi connectivity index (χ4n) is 2.94. The minimum atomic E-state index is 1.16. The van der Waals surface area contributed by atoms with E-state index in [0.717, 1.165) is 13.1 Å². The van der Waals surface area contributed by atoms with Gasteiger partial charge in [-0.05, 0) is 48.2 Å². The van der Waals surface area contributed by atoms with Gasteiger partial charge < -0.3 is 9.80 Å². The molecule has 0 atom stereocenters. The zero-order valence-corrected chi connectivity index (χ0v) is 16.9. The summed E-state index contributed by atoms with van der Waals surface area (Å²) in [6.45, 7) is 6.84. The van der Waals surface area contributed by atoms with Crippen LogP contribution in [-0.2, 0) is 0 Å². The molecule has 0 bridgehead atoms. The smallest absolute Gasteiger partial charge is 0.0366 e. The van der Waals surface area contributed by atoms with Crippen LogP contribution in [0.25, 0.3) is 12.2 Å². The normalized spacial score (nSPS) is 11.1. The topological polar surface area (TPSA) is 6.48 Å². The highest BCUT2D eigenvalue weighted by Crippen LogP contribution is 2.19. The summed E-state index contributed by atoms with van der Waals surface area (Å²) in [5.74, 6) is 0. The fourth-order valence-corrected chi connectivity index (χ4v) is 2.94. The van der Waals surface area contributed by atoms with E-state index < -0.39 is 0 Å². The van der Waals surface area contributed by atoms with E-state index in [1.165, 1.54) is 48.2 Å². The fraction of sp³-hybridized carbons (Fsp3) is 0.417. The van der Waals surface area contributed by atoms with E-state index in [1.54, 1.807) is 0 Å². The summed E-state index contributed by atoms with van der Waals surface area (Å²) < 4.78 is 0. The lowest BCUT2D eigenvalue weighted by atomic mass is 10.1.